The van der Waals surface area contributed by atoms with Crippen LogP contribution in [0.25, 0.3) is 31.6 Å². The van der Waals surface area contributed by atoms with Gasteiger partial charge < -0.3 is 0 Å². The average Bonchev–Trinajstić information content (AvgIpc) is 3.42. The highest BCUT2D eigenvalue weighted by Crippen LogP contribution is 2.33. The molecule has 0 saturated heterocycles. The van der Waals surface area contributed by atoms with Gasteiger partial charge in [-0.2, -0.15) is 5.10 Å². The van der Waals surface area contributed by atoms with Crippen LogP contribution in [0.15, 0.2) is 58.3 Å². The van der Waals surface area contributed by atoms with Crippen molar-refractivity contribution in [3.63, 3.8) is 0 Å². The predicted octanol–water partition coefficient (Wildman–Crippen LogP) is 3.45. The summed E-state index contributed by atoms with van der Waals surface area (Å²) in [7, 11) is 0. The van der Waals surface area contributed by atoms with Crippen LogP contribution in [0.5, 0.6) is 0 Å². The van der Waals surface area contributed by atoms with Crippen molar-refractivity contribution in [1.29, 1.82) is 0 Å². The number of para-hydroxylation sites is 1. The molecular weight excluding hydrogens is 382 g/mol. The monoisotopic (exact) mass is 393 g/mol. The fourth-order valence-corrected chi connectivity index (χ4v) is 4.64. The number of fused-ring (bicyclic) bond motifs is 2. The number of H-pyrrole nitrogens is 1. The lowest BCUT2D eigenvalue weighted by atomic mass is 10.2. The largest absolute Gasteiger partial charge is 0.291 e. The Balaban J connectivity index is 1.57. The first-order valence-electron chi connectivity index (χ1n) is 7.99. The van der Waals surface area contributed by atoms with E-state index in [1.165, 1.54) is 17.7 Å². The van der Waals surface area contributed by atoms with Crippen LogP contribution in [0.3, 0.4) is 0 Å². The topological polar surface area (TPSA) is 92.7 Å². The molecule has 0 aliphatic heterocycles. The lowest BCUT2D eigenvalue weighted by Crippen LogP contribution is -2.33. The summed E-state index contributed by atoms with van der Waals surface area (Å²) in [6.45, 7) is 0. The number of rotatable bonds is 3. The van der Waals surface area contributed by atoms with Gasteiger partial charge >= 0.3 is 0 Å². The molecule has 7 nitrogen and oxygen atoms in total. The van der Waals surface area contributed by atoms with Crippen molar-refractivity contribution in [3.05, 3.63) is 69.5 Å². The SMILES string of the molecule is O=C(Nn1cnc2scc(-c3cccs3)c2c1=O)c1n[nH]c2ccccc12. The zero-order valence-corrected chi connectivity index (χ0v) is 15.3. The summed E-state index contributed by atoms with van der Waals surface area (Å²) < 4.78 is 1.11. The Bertz CT molecular complexity index is 1350. The molecule has 0 spiro atoms. The van der Waals surface area contributed by atoms with Gasteiger partial charge in [-0.15, -0.1) is 22.7 Å². The number of carbonyl (C=O) groups excluding carboxylic acids is 1. The number of aromatic nitrogens is 4. The second kappa shape index (κ2) is 6.15. The summed E-state index contributed by atoms with van der Waals surface area (Å²) in [6.07, 6.45) is 1.33. The van der Waals surface area contributed by atoms with E-state index in [0.717, 1.165) is 20.6 Å². The van der Waals surface area contributed by atoms with Gasteiger partial charge in [-0.05, 0) is 17.5 Å². The number of nitrogens with zero attached hydrogens (tertiary/aromatic N) is 3. The van der Waals surface area contributed by atoms with E-state index in [4.69, 9.17) is 0 Å². The molecule has 0 aliphatic carbocycles. The van der Waals surface area contributed by atoms with E-state index in [2.05, 4.69) is 20.6 Å². The Hall–Kier alpha value is -3.30. The summed E-state index contributed by atoms with van der Waals surface area (Å²) in [6, 6.07) is 11.2. The van der Waals surface area contributed by atoms with Crippen molar-refractivity contribution < 1.29 is 4.79 Å². The van der Waals surface area contributed by atoms with Gasteiger partial charge in [0.1, 0.15) is 11.2 Å². The maximum atomic E-state index is 13.0. The minimum Gasteiger partial charge on any atom is -0.277 e. The van der Waals surface area contributed by atoms with Gasteiger partial charge in [0.25, 0.3) is 11.5 Å². The maximum Gasteiger partial charge on any atom is 0.291 e. The zero-order chi connectivity index (χ0) is 18.4. The van der Waals surface area contributed by atoms with E-state index >= 15 is 0 Å². The van der Waals surface area contributed by atoms with Gasteiger partial charge in [0.2, 0.25) is 0 Å². The molecule has 27 heavy (non-hydrogen) atoms. The Kier molecular flexibility index (Phi) is 3.62. The highest BCUT2D eigenvalue weighted by molar-refractivity contribution is 7.18. The fraction of sp³-hybridized carbons (Fsp3) is 0. The van der Waals surface area contributed by atoms with Crippen molar-refractivity contribution in [1.82, 2.24) is 19.9 Å². The van der Waals surface area contributed by atoms with Crippen LogP contribution in [0.4, 0.5) is 0 Å². The smallest absolute Gasteiger partial charge is 0.277 e. The van der Waals surface area contributed by atoms with Gasteiger partial charge in [-0.25, -0.2) is 9.66 Å². The van der Waals surface area contributed by atoms with Crippen molar-refractivity contribution in [2.24, 2.45) is 0 Å². The van der Waals surface area contributed by atoms with Crippen LogP contribution in [0.2, 0.25) is 0 Å². The van der Waals surface area contributed by atoms with Crippen LogP contribution in [-0.4, -0.2) is 25.8 Å². The van der Waals surface area contributed by atoms with E-state index in [1.54, 1.807) is 17.4 Å². The number of benzene rings is 1. The number of hydrogen-bond acceptors (Lipinski definition) is 6. The summed E-state index contributed by atoms with van der Waals surface area (Å²) in [4.78, 5) is 31.6. The summed E-state index contributed by atoms with van der Waals surface area (Å²) in [5.41, 5.74) is 4.07. The Morgan fingerprint density at radius 1 is 1.15 bits per heavy atom. The lowest BCUT2D eigenvalue weighted by Gasteiger charge is -2.06. The number of thiophene rings is 2. The normalized spacial score (nSPS) is 11.3. The van der Waals surface area contributed by atoms with Gasteiger partial charge in [-0.3, -0.25) is 20.1 Å². The summed E-state index contributed by atoms with van der Waals surface area (Å²) in [5.74, 6) is -0.483. The number of nitrogens with one attached hydrogen (secondary N) is 2. The molecule has 4 heterocycles. The number of amides is 1. The third-order valence-corrected chi connectivity index (χ3v) is 5.98. The molecule has 0 saturated carbocycles. The Morgan fingerprint density at radius 2 is 2.04 bits per heavy atom. The molecule has 1 amide bonds. The van der Waals surface area contributed by atoms with E-state index < -0.39 is 5.91 Å². The molecule has 0 aliphatic rings. The van der Waals surface area contributed by atoms with Gasteiger partial charge in [0.15, 0.2) is 5.69 Å². The van der Waals surface area contributed by atoms with Crippen LogP contribution in [0.1, 0.15) is 10.5 Å². The van der Waals surface area contributed by atoms with E-state index in [0.29, 0.717) is 15.6 Å². The molecule has 4 aromatic heterocycles. The quantitative estimate of drug-likeness (QED) is 0.491. The van der Waals surface area contributed by atoms with Crippen molar-refractivity contribution in [2.75, 3.05) is 5.43 Å². The highest BCUT2D eigenvalue weighted by Gasteiger charge is 2.18. The van der Waals surface area contributed by atoms with Crippen LogP contribution in [0, 0.1) is 0 Å². The summed E-state index contributed by atoms with van der Waals surface area (Å²) in [5, 5.41) is 11.9. The van der Waals surface area contributed by atoms with Crippen LogP contribution < -0.4 is 11.0 Å². The zero-order valence-electron chi connectivity index (χ0n) is 13.7. The molecule has 0 radical (unpaired) electrons. The lowest BCUT2D eigenvalue weighted by molar-refractivity contribution is 0.100. The Morgan fingerprint density at radius 3 is 2.89 bits per heavy atom. The number of carbonyl (C=O) groups is 1. The number of hydrogen-bond donors (Lipinski definition) is 2. The van der Waals surface area contributed by atoms with Crippen molar-refractivity contribution in [2.45, 2.75) is 0 Å². The first kappa shape index (κ1) is 15.9. The molecular formula is C18H11N5O2S2. The molecule has 132 valence electrons. The third-order valence-electron chi connectivity index (χ3n) is 4.19. The van der Waals surface area contributed by atoms with Gasteiger partial charge in [0, 0.05) is 21.2 Å². The highest BCUT2D eigenvalue weighted by atomic mass is 32.1. The van der Waals surface area contributed by atoms with Crippen molar-refractivity contribution in [3.8, 4) is 10.4 Å². The molecule has 0 unspecified atom stereocenters. The molecule has 5 rings (SSSR count). The van der Waals surface area contributed by atoms with E-state index in [9.17, 15) is 9.59 Å². The van der Waals surface area contributed by atoms with Crippen LogP contribution in [-0.2, 0) is 0 Å². The Labute approximate surface area is 159 Å². The maximum absolute atomic E-state index is 13.0. The minimum absolute atomic E-state index is 0.224. The van der Waals surface area contributed by atoms with Gasteiger partial charge in [0.05, 0.1) is 10.9 Å². The van der Waals surface area contributed by atoms with E-state index in [1.807, 2.05) is 41.1 Å². The van der Waals surface area contributed by atoms with Crippen LogP contribution >= 0.6 is 22.7 Å². The molecule has 9 heteroatoms. The second-order valence-corrected chi connectivity index (χ2v) is 7.59. The molecule has 0 atom stereocenters. The first-order chi connectivity index (χ1) is 13.2. The minimum atomic E-state index is -0.483. The van der Waals surface area contributed by atoms with Crippen molar-refractivity contribution >= 4 is 49.7 Å². The fourth-order valence-electron chi connectivity index (χ4n) is 2.92. The first-order valence-corrected chi connectivity index (χ1v) is 9.75. The van der Waals surface area contributed by atoms with E-state index in [-0.39, 0.29) is 11.3 Å². The molecule has 1 aromatic carbocycles. The molecule has 0 fully saturated rings. The third kappa shape index (κ3) is 2.56. The standard InChI is InChI=1S/C18H11N5O2S2/c24-16(15-10-4-1-2-5-12(10)20-21-15)22-23-9-19-17-14(18(23)25)11(8-27-17)13-6-3-7-26-13/h1-9H,(H,20,21)(H,22,24). The molecule has 2 N–H and O–H groups in total. The average molecular weight is 393 g/mol. The predicted molar refractivity (Wildman–Crippen MR) is 107 cm³/mol. The number of aromatic amines is 1. The second-order valence-electron chi connectivity index (χ2n) is 5.79. The summed E-state index contributed by atoms with van der Waals surface area (Å²) >= 11 is 2.96. The molecule has 0 bridgehead atoms. The van der Waals surface area contributed by atoms with Gasteiger partial charge in [-0.1, -0.05) is 24.3 Å². The molecule has 5 aromatic rings.